The molecular formula is C37H50N6O6. The fourth-order valence-corrected chi connectivity index (χ4v) is 5.13. The van der Waals surface area contributed by atoms with Gasteiger partial charge in [-0.15, -0.1) is 0 Å². The molecule has 0 aliphatic heterocycles. The molecule has 4 rings (SSSR count). The van der Waals surface area contributed by atoms with Gasteiger partial charge in [-0.1, -0.05) is 72.8 Å². The zero-order valence-corrected chi connectivity index (χ0v) is 27.8. The van der Waals surface area contributed by atoms with Gasteiger partial charge in [-0.05, 0) is 48.2 Å². The van der Waals surface area contributed by atoms with E-state index in [1.165, 1.54) is 14.0 Å². The van der Waals surface area contributed by atoms with Crippen molar-refractivity contribution in [1.29, 1.82) is 0 Å². The number of aromatic nitrogens is 2. The van der Waals surface area contributed by atoms with Crippen molar-refractivity contribution in [3.8, 4) is 5.75 Å². The Labute approximate surface area is 291 Å². The Balaban J connectivity index is 0.00000676. The van der Waals surface area contributed by atoms with E-state index in [0.29, 0.717) is 17.7 Å². The van der Waals surface area contributed by atoms with Crippen molar-refractivity contribution < 1.29 is 34.4 Å². The largest absolute Gasteiger partial charge is 0.497 e. The summed E-state index contributed by atoms with van der Waals surface area (Å²) in [5, 5.41) is 14.9. The number of hydrogen-bond acceptors (Lipinski definition) is 7. The monoisotopic (exact) mass is 674 g/mol. The standard InChI is InChI=1S/C37H42N6O6.4H2/c1-25(40-33(44)19-16-29-20-21-39-43(29)2)35(46)42-32(23-27-14-17-30(49-3)18-15-27)36(47)41-31(22-26-10-6-4-7-11-26)34(45)37(48)38-24-28-12-8-5-9-13-28;;;;/h4-15,17-18,20-21,25,31-32H,16,19,22-24H2,1-3H3,(H,38,48)(H,40,44)(H,41,47)(H,42,46);4*1H/t25-,31-,32-;;;;/m0..../s1. The van der Waals surface area contributed by atoms with Gasteiger partial charge in [0.2, 0.25) is 23.5 Å². The Hall–Kier alpha value is -5.78. The van der Waals surface area contributed by atoms with Crippen molar-refractivity contribution in [2.45, 2.75) is 57.3 Å². The van der Waals surface area contributed by atoms with Crippen LogP contribution in [0.1, 0.15) is 41.4 Å². The van der Waals surface area contributed by atoms with Crippen LogP contribution in [0.2, 0.25) is 0 Å². The molecule has 4 N–H and O–H groups in total. The topological polar surface area (TPSA) is 161 Å². The number of ether oxygens (including phenoxy) is 1. The Kier molecular flexibility index (Phi) is 13.2. The number of aryl methyl sites for hydroxylation is 2. The highest BCUT2D eigenvalue weighted by molar-refractivity contribution is 6.38. The number of methoxy groups -OCH3 is 1. The van der Waals surface area contributed by atoms with Crippen LogP contribution in [0.4, 0.5) is 0 Å². The fraction of sp³-hybridized carbons (Fsp3) is 0.297. The highest BCUT2D eigenvalue weighted by Gasteiger charge is 2.31. The van der Waals surface area contributed by atoms with Crippen molar-refractivity contribution in [1.82, 2.24) is 31.0 Å². The molecule has 264 valence electrons. The maximum atomic E-state index is 13.9. The van der Waals surface area contributed by atoms with Crippen LogP contribution in [0, 0.1) is 0 Å². The van der Waals surface area contributed by atoms with E-state index in [1.54, 1.807) is 66.5 Å². The van der Waals surface area contributed by atoms with Gasteiger partial charge in [0.1, 0.15) is 23.9 Å². The number of ketones is 1. The smallest absolute Gasteiger partial charge is 0.289 e. The van der Waals surface area contributed by atoms with Gasteiger partial charge in [-0.25, -0.2) is 0 Å². The first-order valence-electron chi connectivity index (χ1n) is 16.0. The minimum absolute atomic E-state index is 0. The number of hydrogen-bond donors (Lipinski definition) is 4. The van der Waals surface area contributed by atoms with E-state index in [0.717, 1.165) is 16.8 Å². The van der Waals surface area contributed by atoms with Gasteiger partial charge in [0.15, 0.2) is 0 Å². The Morgan fingerprint density at radius 1 is 0.755 bits per heavy atom. The van der Waals surface area contributed by atoms with Gasteiger partial charge in [0.05, 0.1) is 7.11 Å². The summed E-state index contributed by atoms with van der Waals surface area (Å²) in [6.07, 6.45) is 2.34. The van der Waals surface area contributed by atoms with Gasteiger partial charge in [0, 0.05) is 50.5 Å². The van der Waals surface area contributed by atoms with Crippen molar-refractivity contribution in [2.24, 2.45) is 7.05 Å². The average Bonchev–Trinajstić information content (AvgIpc) is 3.54. The minimum atomic E-state index is -1.22. The van der Waals surface area contributed by atoms with Crippen LogP contribution in [-0.4, -0.2) is 64.4 Å². The maximum Gasteiger partial charge on any atom is 0.289 e. The molecule has 3 atom stereocenters. The Morgan fingerprint density at radius 2 is 1.35 bits per heavy atom. The molecule has 4 aromatic rings. The van der Waals surface area contributed by atoms with Gasteiger partial charge < -0.3 is 26.0 Å². The lowest BCUT2D eigenvalue weighted by Gasteiger charge is -2.24. The van der Waals surface area contributed by atoms with Gasteiger partial charge >= 0.3 is 0 Å². The summed E-state index contributed by atoms with van der Waals surface area (Å²) in [6, 6.07) is 23.6. The zero-order chi connectivity index (χ0) is 35.2. The third-order valence-corrected chi connectivity index (χ3v) is 7.97. The molecule has 0 spiro atoms. The second-order valence-electron chi connectivity index (χ2n) is 11.6. The third kappa shape index (κ3) is 11.2. The summed E-state index contributed by atoms with van der Waals surface area (Å²) >= 11 is 0. The fourth-order valence-electron chi connectivity index (χ4n) is 5.13. The molecule has 0 saturated carbocycles. The Morgan fingerprint density at radius 3 is 1.96 bits per heavy atom. The molecule has 1 aromatic heterocycles. The molecule has 0 bridgehead atoms. The minimum Gasteiger partial charge on any atom is -0.497 e. The summed E-state index contributed by atoms with van der Waals surface area (Å²) in [6.45, 7) is 1.66. The van der Waals surface area contributed by atoms with E-state index in [-0.39, 0.29) is 37.4 Å². The zero-order valence-electron chi connectivity index (χ0n) is 27.8. The number of carbonyl (C=O) groups excluding carboxylic acids is 5. The summed E-state index contributed by atoms with van der Waals surface area (Å²) in [5.41, 5.74) is 3.13. The number of nitrogens with zero attached hydrogens (tertiary/aromatic N) is 2. The summed E-state index contributed by atoms with van der Waals surface area (Å²) < 4.78 is 6.92. The molecule has 12 heteroatoms. The Bertz CT molecular complexity index is 1730. The molecular weight excluding hydrogens is 624 g/mol. The van der Waals surface area contributed by atoms with Crippen molar-refractivity contribution in [3.63, 3.8) is 0 Å². The second kappa shape index (κ2) is 17.9. The highest BCUT2D eigenvalue weighted by Crippen LogP contribution is 2.14. The van der Waals surface area contributed by atoms with Crippen molar-refractivity contribution in [3.05, 3.63) is 120 Å². The van der Waals surface area contributed by atoms with Crippen LogP contribution in [0.15, 0.2) is 97.2 Å². The van der Waals surface area contributed by atoms with E-state index in [9.17, 15) is 24.0 Å². The third-order valence-electron chi connectivity index (χ3n) is 7.97. The van der Waals surface area contributed by atoms with Crippen molar-refractivity contribution >= 4 is 29.4 Å². The molecule has 49 heavy (non-hydrogen) atoms. The van der Waals surface area contributed by atoms with Crippen LogP contribution in [0.25, 0.3) is 0 Å². The number of nitrogens with one attached hydrogen (secondary N) is 4. The number of Topliss-reactive ketones (excluding diaryl/α,β-unsaturated/α-hetero) is 1. The first kappa shape index (κ1) is 36.1. The highest BCUT2D eigenvalue weighted by atomic mass is 16.5. The molecule has 1 heterocycles. The van der Waals surface area contributed by atoms with Crippen LogP contribution >= 0.6 is 0 Å². The molecule has 0 aliphatic carbocycles. The van der Waals surface area contributed by atoms with Gasteiger partial charge in [-0.2, -0.15) is 5.10 Å². The molecule has 0 unspecified atom stereocenters. The average molecular weight is 675 g/mol. The predicted molar refractivity (Wildman–Crippen MR) is 192 cm³/mol. The molecule has 4 amide bonds. The number of amides is 4. The predicted octanol–water partition coefficient (Wildman–Crippen LogP) is 3.19. The van der Waals surface area contributed by atoms with Gasteiger partial charge in [0.25, 0.3) is 5.91 Å². The van der Waals surface area contributed by atoms with Crippen molar-refractivity contribution in [2.75, 3.05) is 7.11 Å². The number of rotatable bonds is 17. The van der Waals surface area contributed by atoms with E-state index in [4.69, 9.17) is 4.74 Å². The second-order valence-corrected chi connectivity index (χ2v) is 11.6. The summed E-state index contributed by atoms with van der Waals surface area (Å²) in [4.78, 5) is 66.4. The molecule has 12 nitrogen and oxygen atoms in total. The number of benzene rings is 3. The van der Waals surface area contributed by atoms with Crippen LogP contribution < -0.4 is 26.0 Å². The van der Waals surface area contributed by atoms with Crippen LogP contribution in [0.5, 0.6) is 5.75 Å². The van der Waals surface area contributed by atoms with Crippen LogP contribution in [0.3, 0.4) is 0 Å². The SMILES string of the molecule is COc1ccc(C[C@H](NC(=O)[C@H](C)NC(=O)CCc2ccnn2C)C(=O)N[C@@H](Cc2ccccc2)C(=O)C(=O)NCc2ccccc2)cc1.[HH].[HH].[HH].[HH]. The lowest BCUT2D eigenvalue weighted by molar-refractivity contribution is -0.140. The normalized spacial score (nSPS) is 12.6. The number of carbonyl (C=O) groups is 5. The first-order valence-corrected chi connectivity index (χ1v) is 16.0. The van der Waals surface area contributed by atoms with E-state index >= 15 is 0 Å². The maximum absolute atomic E-state index is 13.9. The summed E-state index contributed by atoms with van der Waals surface area (Å²) in [7, 11) is 3.32. The van der Waals surface area contributed by atoms with E-state index in [2.05, 4.69) is 26.4 Å². The lowest BCUT2D eigenvalue weighted by atomic mass is 9.99. The van der Waals surface area contributed by atoms with Crippen LogP contribution in [-0.2, 0) is 56.8 Å². The summed E-state index contributed by atoms with van der Waals surface area (Å²) in [5.74, 6) is -2.64. The lowest BCUT2D eigenvalue weighted by Crippen LogP contribution is -2.57. The van der Waals surface area contributed by atoms with E-state index in [1.807, 2.05) is 42.5 Å². The van der Waals surface area contributed by atoms with E-state index < -0.39 is 41.6 Å². The van der Waals surface area contributed by atoms with Gasteiger partial charge in [-0.3, -0.25) is 28.7 Å². The molecule has 0 aliphatic rings. The molecule has 0 radical (unpaired) electrons. The molecule has 0 saturated heterocycles. The quantitative estimate of drug-likeness (QED) is 0.125. The molecule has 0 fully saturated rings. The first-order chi connectivity index (χ1) is 23.6. The molecule has 3 aromatic carbocycles.